The van der Waals surface area contributed by atoms with E-state index in [4.69, 9.17) is 4.74 Å². The summed E-state index contributed by atoms with van der Waals surface area (Å²) >= 11 is 0. The van der Waals surface area contributed by atoms with Crippen molar-refractivity contribution < 1.29 is 27.5 Å². The summed E-state index contributed by atoms with van der Waals surface area (Å²) < 4.78 is 44.4. The number of pyridine rings is 1. The number of amides is 2. The Balaban J connectivity index is 2.50. The van der Waals surface area contributed by atoms with Crippen LogP contribution >= 0.6 is 0 Å². The normalized spacial score (nSPS) is 17.6. The van der Waals surface area contributed by atoms with Crippen molar-refractivity contribution >= 4 is 12.0 Å². The van der Waals surface area contributed by atoms with Gasteiger partial charge < -0.3 is 19.9 Å². The minimum Gasteiger partial charge on any atom is -0.463 e. The first-order valence-corrected chi connectivity index (χ1v) is 7.92. The molecule has 0 aromatic carbocycles. The Morgan fingerprint density at radius 3 is 2.54 bits per heavy atom. The van der Waals surface area contributed by atoms with Crippen LogP contribution in [0, 0.1) is 0 Å². The highest BCUT2D eigenvalue weighted by molar-refractivity contribution is 5.94. The van der Waals surface area contributed by atoms with E-state index in [0.29, 0.717) is 18.7 Å². The van der Waals surface area contributed by atoms with E-state index in [2.05, 4.69) is 10.6 Å². The first-order chi connectivity index (χ1) is 12.2. The first-order valence-electron chi connectivity index (χ1n) is 7.92. The van der Waals surface area contributed by atoms with Gasteiger partial charge in [0.2, 0.25) is 0 Å². The second-order valence-electron chi connectivity index (χ2n) is 5.55. The molecule has 1 aromatic heterocycles. The number of esters is 1. The number of aromatic nitrogens is 1. The third-order valence-corrected chi connectivity index (χ3v) is 3.79. The van der Waals surface area contributed by atoms with Gasteiger partial charge in [-0.1, -0.05) is 6.92 Å². The van der Waals surface area contributed by atoms with Gasteiger partial charge in [-0.25, -0.2) is 9.59 Å². The summed E-state index contributed by atoms with van der Waals surface area (Å²) in [5.41, 5.74) is -1.60. The number of carbonyl (C=O) groups excluding carboxylic acids is 2. The molecule has 2 rings (SSSR count). The summed E-state index contributed by atoms with van der Waals surface area (Å²) in [6.45, 7) is 3.01. The Morgan fingerprint density at radius 1 is 1.27 bits per heavy atom. The maximum atomic E-state index is 12.9. The SMILES string of the molecule is CCOC(=O)C1=C(Cn2cc(C(F)(F)F)ccc2=O)NC(=O)NC1CC. The summed E-state index contributed by atoms with van der Waals surface area (Å²) in [6, 6.07) is 0.183. The molecule has 0 fully saturated rings. The van der Waals surface area contributed by atoms with Crippen LogP contribution < -0.4 is 16.2 Å². The molecule has 26 heavy (non-hydrogen) atoms. The van der Waals surface area contributed by atoms with Crippen molar-refractivity contribution in [2.45, 2.75) is 39.0 Å². The summed E-state index contributed by atoms with van der Waals surface area (Å²) in [5.74, 6) is -0.707. The Labute approximate surface area is 146 Å². The molecule has 2 amide bonds. The zero-order valence-corrected chi connectivity index (χ0v) is 14.1. The fraction of sp³-hybridized carbons (Fsp3) is 0.438. The van der Waals surface area contributed by atoms with Crippen LogP contribution in [0.2, 0.25) is 0 Å². The first kappa shape index (κ1) is 19.5. The predicted molar refractivity (Wildman–Crippen MR) is 85.1 cm³/mol. The minimum atomic E-state index is -4.63. The average Bonchev–Trinajstić information content (AvgIpc) is 2.55. The van der Waals surface area contributed by atoms with Crippen molar-refractivity contribution in [3.05, 3.63) is 45.5 Å². The number of allylic oxidation sites excluding steroid dienone is 1. The topological polar surface area (TPSA) is 89.4 Å². The highest BCUT2D eigenvalue weighted by Gasteiger charge is 2.33. The number of carbonyl (C=O) groups is 2. The van der Waals surface area contributed by atoms with Crippen LogP contribution in [0.15, 0.2) is 34.4 Å². The van der Waals surface area contributed by atoms with Crippen LogP contribution in [0.25, 0.3) is 0 Å². The van der Waals surface area contributed by atoms with E-state index in [0.717, 1.165) is 10.6 Å². The number of nitrogens with zero attached hydrogens (tertiary/aromatic N) is 1. The van der Waals surface area contributed by atoms with Crippen LogP contribution in [0.4, 0.5) is 18.0 Å². The van der Waals surface area contributed by atoms with Gasteiger partial charge in [0.25, 0.3) is 5.56 Å². The average molecular weight is 373 g/mol. The molecular weight excluding hydrogens is 355 g/mol. The second kappa shape index (κ2) is 7.63. The van der Waals surface area contributed by atoms with Gasteiger partial charge >= 0.3 is 18.2 Å². The number of hydrogen-bond donors (Lipinski definition) is 2. The molecule has 1 aliphatic rings. The van der Waals surface area contributed by atoms with E-state index >= 15 is 0 Å². The van der Waals surface area contributed by atoms with Gasteiger partial charge in [-0.3, -0.25) is 4.79 Å². The highest BCUT2D eigenvalue weighted by Crippen LogP contribution is 2.28. The minimum absolute atomic E-state index is 0.0282. The van der Waals surface area contributed by atoms with Gasteiger partial charge in [-0.2, -0.15) is 13.2 Å². The number of hydrogen-bond acceptors (Lipinski definition) is 4. The van der Waals surface area contributed by atoms with Crippen LogP contribution in [-0.2, 0) is 22.3 Å². The number of urea groups is 1. The van der Waals surface area contributed by atoms with Gasteiger partial charge in [0.1, 0.15) is 0 Å². The molecule has 0 radical (unpaired) electrons. The molecule has 142 valence electrons. The second-order valence-corrected chi connectivity index (χ2v) is 5.55. The Bertz CT molecular complexity index is 799. The maximum Gasteiger partial charge on any atom is 0.417 e. The lowest BCUT2D eigenvalue weighted by atomic mass is 10.00. The van der Waals surface area contributed by atoms with E-state index in [-0.39, 0.29) is 17.9 Å². The molecule has 0 saturated carbocycles. The van der Waals surface area contributed by atoms with E-state index in [9.17, 15) is 27.6 Å². The van der Waals surface area contributed by atoms with E-state index in [1.165, 1.54) is 0 Å². The quantitative estimate of drug-likeness (QED) is 0.770. The molecule has 1 unspecified atom stereocenters. The fourth-order valence-electron chi connectivity index (χ4n) is 2.58. The molecule has 7 nitrogen and oxygen atoms in total. The molecular formula is C16H18F3N3O4. The molecule has 0 aliphatic carbocycles. The third kappa shape index (κ3) is 4.24. The summed E-state index contributed by atoms with van der Waals surface area (Å²) in [4.78, 5) is 36.0. The molecule has 1 aliphatic heterocycles. The van der Waals surface area contributed by atoms with Gasteiger partial charge in [0.15, 0.2) is 0 Å². The van der Waals surface area contributed by atoms with Crippen LogP contribution in [0.5, 0.6) is 0 Å². The Hall–Kier alpha value is -2.78. The summed E-state index contributed by atoms with van der Waals surface area (Å²) in [7, 11) is 0. The molecule has 2 heterocycles. The van der Waals surface area contributed by atoms with Crippen LogP contribution in [0.3, 0.4) is 0 Å². The lowest BCUT2D eigenvalue weighted by molar-refractivity contribution is -0.139. The summed E-state index contributed by atoms with van der Waals surface area (Å²) in [6.07, 6.45) is -3.62. The smallest absolute Gasteiger partial charge is 0.417 e. The number of nitrogens with one attached hydrogen (secondary N) is 2. The van der Waals surface area contributed by atoms with Gasteiger partial charge in [0.05, 0.1) is 36.0 Å². The van der Waals surface area contributed by atoms with Crippen molar-refractivity contribution in [1.29, 1.82) is 0 Å². The monoisotopic (exact) mass is 373 g/mol. The van der Waals surface area contributed by atoms with E-state index in [1.807, 2.05) is 0 Å². The Morgan fingerprint density at radius 2 is 1.96 bits per heavy atom. The van der Waals surface area contributed by atoms with Crippen molar-refractivity contribution in [1.82, 2.24) is 15.2 Å². The van der Waals surface area contributed by atoms with Crippen molar-refractivity contribution in [3.8, 4) is 0 Å². The number of alkyl halides is 3. The van der Waals surface area contributed by atoms with Crippen molar-refractivity contribution in [2.75, 3.05) is 6.61 Å². The van der Waals surface area contributed by atoms with Crippen LogP contribution in [-0.4, -0.2) is 29.2 Å². The lowest BCUT2D eigenvalue weighted by Crippen LogP contribution is -2.51. The molecule has 0 spiro atoms. The van der Waals surface area contributed by atoms with E-state index < -0.39 is 41.9 Å². The van der Waals surface area contributed by atoms with Gasteiger partial charge in [0, 0.05) is 12.3 Å². The van der Waals surface area contributed by atoms with Gasteiger partial charge in [-0.15, -0.1) is 0 Å². The Kier molecular flexibility index (Phi) is 5.73. The van der Waals surface area contributed by atoms with Crippen molar-refractivity contribution in [3.63, 3.8) is 0 Å². The zero-order valence-electron chi connectivity index (χ0n) is 14.1. The number of rotatable bonds is 5. The zero-order chi connectivity index (χ0) is 19.5. The van der Waals surface area contributed by atoms with E-state index in [1.54, 1.807) is 13.8 Å². The number of halogens is 3. The van der Waals surface area contributed by atoms with Crippen LogP contribution in [0.1, 0.15) is 25.8 Å². The molecule has 1 aromatic rings. The largest absolute Gasteiger partial charge is 0.463 e. The number of ether oxygens (including phenoxy) is 1. The standard InChI is InChI=1S/C16H18F3N3O4/c1-3-10-13(14(24)26-4-2)11(21-15(25)20-10)8-22-7-9(16(17,18)19)5-6-12(22)23/h5-7,10H,3-4,8H2,1-2H3,(H2,20,21,25). The molecule has 1 atom stereocenters. The van der Waals surface area contributed by atoms with Crippen molar-refractivity contribution in [2.24, 2.45) is 0 Å². The third-order valence-electron chi connectivity index (χ3n) is 3.79. The highest BCUT2D eigenvalue weighted by atomic mass is 19.4. The lowest BCUT2D eigenvalue weighted by Gasteiger charge is -2.28. The molecule has 2 N–H and O–H groups in total. The maximum absolute atomic E-state index is 12.9. The molecule has 0 bridgehead atoms. The summed E-state index contributed by atoms with van der Waals surface area (Å²) in [5, 5.41) is 4.94. The van der Waals surface area contributed by atoms with Gasteiger partial charge in [-0.05, 0) is 19.4 Å². The molecule has 10 heteroatoms. The predicted octanol–water partition coefficient (Wildman–Crippen LogP) is 1.78. The fourth-order valence-corrected chi connectivity index (χ4v) is 2.58. The molecule has 0 saturated heterocycles.